The highest BCUT2D eigenvalue weighted by Gasteiger charge is 2.38. The molecule has 6 heteroatoms. The second-order valence-corrected chi connectivity index (χ2v) is 6.72. The lowest BCUT2D eigenvalue weighted by molar-refractivity contribution is -0.283. The van der Waals surface area contributed by atoms with Gasteiger partial charge in [-0.05, 0) is 49.2 Å². The number of aromatic hydroxyl groups is 2. The van der Waals surface area contributed by atoms with Crippen molar-refractivity contribution in [2.45, 2.75) is 31.7 Å². The van der Waals surface area contributed by atoms with Gasteiger partial charge in [-0.2, -0.15) is 0 Å². The third kappa shape index (κ3) is 3.57. The van der Waals surface area contributed by atoms with Crippen molar-refractivity contribution in [1.82, 2.24) is 0 Å². The number of ether oxygens (including phenoxy) is 4. The normalized spacial score (nSPS) is 22.0. The van der Waals surface area contributed by atoms with Crippen molar-refractivity contribution >= 4 is 0 Å². The predicted octanol–water partition coefficient (Wildman–Crippen LogP) is 3.72. The minimum absolute atomic E-state index is 0.0745. The maximum absolute atomic E-state index is 9.88. The van der Waals surface area contributed by atoms with Crippen molar-refractivity contribution in [2.75, 3.05) is 20.8 Å². The minimum Gasteiger partial charge on any atom is -0.504 e. The second kappa shape index (κ2) is 7.05. The number of phenolic OH excluding ortho intramolecular Hbond substituents is 2. The van der Waals surface area contributed by atoms with E-state index < -0.39 is 5.79 Å². The van der Waals surface area contributed by atoms with E-state index in [0.717, 1.165) is 11.1 Å². The average molecular weight is 360 g/mol. The van der Waals surface area contributed by atoms with Crippen molar-refractivity contribution in [3.8, 4) is 23.0 Å². The Hall–Kier alpha value is -2.44. The summed E-state index contributed by atoms with van der Waals surface area (Å²) in [6, 6.07) is 10.4. The van der Waals surface area contributed by atoms with Gasteiger partial charge in [0.05, 0.1) is 26.9 Å². The summed E-state index contributed by atoms with van der Waals surface area (Å²) in [6.45, 7) is 4.17. The molecular weight excluding hydrogens is 336 g/mol. The first-order valence-corrected chi connectivity index (χ1v) is 8.40. The third-order valence-electron chi connectivity index (χ3n) is 4.55. The van der Waals surface area contributed by atoms with Crippen LogP contribution >= 0.6 is 0 Å². The standard InChI is InChI=1S/C20H24O6/c1-20(2)25-11-14(12-5-7-15(21)17(9-12)23-3)19(26-20)13-6-8-16(22)18(10-13)24-4/h5-10,14,19,21-22H,11H2,1-4H3/t14-,19-/m0/s1. The molecule has 2 aromatic carbocycles. The molecule has 3 rings (SSSR count). The fourth-order valence-corrected chi connectivity index (χ4v) is 3.17. The lowest BCUT2D eigenvalue weighted by atomic mass is 9.88. The highest BCUT2D eigenvalue weighted by atomic mass is 16.7. The minimum atomic E-state index is -0.743. The number of hydrogen-bond acceptors (Lipinski definition) is 6. The molecule has 6 nitrogen and oxygen atoms in total. The molecule has 0 amide bonds. The van der Waals surface area contributed by atoms with Crippen LogP contribution in [0, 0.1) is 0 Å². The molecule has 1 aliphatic heterocycles. The molecule has 0 spiro atoms. The van der Waals surface area contributed by atoms with Gasteiger partial charge in [-0.1, -0.05) is 12.1 Å². The topological polar surface area (TPSA) is 77.4 Å². The van der Waals surface area contributed by atoms with E-state index in [-0.39, 0.29) is 23.5 Å². The fourth-order valence-electron chi connectivity index (χ4n) is 3.17. The van der Waals surface area contributed by atoms with Crippen LogP contribution in [0.5, 0.6) is 23.0 Å². The summed E-state index contributed by atoms with van der Waals surface area (Å²) in [5, 5.41) is 19.7. The van der Waals surface area contributed by atoms with Gasteiger partial charge in [0.25, 0.3) is 0 Å². The zero-order chi connectivity index (χ0) is 18.9. The van der Waals surface area contributed by atoms with E-state index in [4.69, 9.17) is 18.9 Å². The quantitative estimate of drug-likeness (QED) is 0.865. The molecule has 1 saturated heterocycles. The molecule has 26 heavy (non-hydrogen) atoms. The van der Waals surface area contributed by atoms with Crippen LogP contribution in [-0.4, -0.2) is 36.8 Å². The lowest BCUT2D eigenvalue weighted by Gasteiger charge is -2.41. The highest BCUT2D eigenvalue weighted by Crippen LogP contribution is 2.45. The number of methoxy groups -OCH3 is 2. The van der Waals surface area contributed by atoms with Crippen molar-refractivity contribution in [1.29, 1.82) is 0 Å². The van der Waals surface area contributed by atoms with E-state index >= 15 is 0 Å². The van der Waals surface area contributed by atoms with Gasteiger partial charge in [0, 0.05) is 5.92 Å². The Morgan fingerprint density at radius 2 is 1.46 bits per heavy atom. The molecule has 0 radical (unpaired) electrons. The summed E-state index contributed by atoms with van der Waals surface area (Å²) in [4.78, 5) is 0. The Kier molecular flexibility index (Phi) is 4.98. The molecule has 0 unspecified atom stereocenters. The molecular formula is C20H24O6. The summed E-state index contributed by atoms with van der Waals surface area (Å²) < 4.78 is 22.5. The van der Waals surface area contributed by atoms with E-state index in [2.05, 4.69) is 0 Å². The molecule has 1 aliphatic rings. The monoisotopic (exact) mass is 360 g/mol. The van der Waals surface area contributed by atoms with Crippen LogP contribution in [0.1, 0.15) is 37.0 Å². The molecule has 0 aliphatic carbocycles. The first-order valence-electron chi connectivity index (χ1n) is 8.40. The molecule has 1 heterocycles. The molecule has 1 fully saturated rings. The molecule has 2 aromatic rings. The van der Waals surface area contributed by atoms with E-state index in [1.165, 1.54) is 14.2 Å². The molecule has 0 saturated carbocycles. The second-order valence-electron chi connectivity index (χ2n) is 6.72. The van der Waals surface area contributed by atoms with Crippen LogP contribution in [0.25, 0.3) is 0 Å². The van der Waals surface area contributed by atoms with Crippen molar-refractivity contribution < 1.29 is 29.2 Å². The third-order valence-corrected chi connectivity index (χ3v) is 4.55. The van der Waals surface area contributed by atoms with E-state index in [9.17, 15) is 10.2 Å². The van der Waals surface area contributed by atoms with Crippen molar-refractivity contribution in [3.05, 3.63) is 47.5 Å². The summed E-state index contributed by atoms with van der Waals surface area (Å²) in [5.41, 5.74) is 1.79. The summed E-state index contributed by atoms with van der Waals surface area (Å²) in [6.07, 6.45) is -0.317. The Morgan fingerprint density at radius 3 is 2.04 bits per heavy atom. The van der Waals surface area contributed by atoms with Crippen LogP contribution < -0.4 is 9.47 Å². The molecule has 2 atom stereocenters. The number of rotatable bonds is 4. The Morgan fingerprint density at radius 1 is 0.923 bits per heavy atom. The number of benzene rings is 2. The largest absolute Gasteiger partial charge is 0.504 e. The van der Waals surface area contributed by atoms with Gasteiger partial charge in [-0.25, -0.2) is 0 Å². The van der Waals surface area contributed by atoms with Gasteiger partial charge in [-0.15, -0.1) is 0 Å². The van der Waals surface area contributed by atoms with E-state index in [0.29, 0.717) is 18.1 Å². The van der Waals surface area contributed by atoms with Gasteiger partial charge in [-0.3, -0.25) is 0 Å². The Labute approximate surface area is 152 Å². The zero-order valence-electron chi connectivity index (χ0n) is 15.4. The smallest absolute Gasteiger partial charge is 0.163 e. The van der Waals surface area contributed by atoms with E-state index in [1.54, 1.807) is 24.3 Å². The van der Waals surface area contributed by atoms with E-state index in [1.807, 2.05) is 26.0 Å². The predicted molar refractivity (Wildman–Crippen MR) is 95.9 cm³/mol. The first kappa shape index (κ1) is 18.4. The average Bonchev–Trinajstić information content (AvgIpc) is 2.62. The maximum atomic E-state index is 9.88. The van der Waals surface area contributed by atoms with Gasteiger partial charge in [0.1, 0.15) is 0 Å². The number of phenols is 2. The first-order chi connectivity index (χ1) is 12.3. The van der Waals surface area contributed by atoms with Gasteiger partial charge >= 0.3 is 0 Å². The maximum Gasteiger partial charge on any atom is 0.163 e. The number of hydrogen-bond donors (Lipinski definition) is 2. The Bertz CT molecular complexity index is 786. The van der Waals surface area contributed by atoms with Crippen molar-refractivity contribution in [3.63, 3.8) is 0 Å². The van der Waals surface area contributed by atoms with Crippen LogP contribution in [-0.2, 0) is 9.47 Å². The van der Waals surface area contributed by atoms with Crippen LogP contribution in [0.4, 0.5) is 0 Å². The van der Waals surface area contributed by atoms with Crippen LogP contribution in [0.2, 0.25) is 0 Å². The Balaban J connectivity index is 2.02. The highest BCUT2D eigenvalue weighted by molar-refractivity contribution is 5.46. The lowest BCUT2D eigenvalue weighted by Crippen LogP contribution is -2.40. The fraction of sp³-hybridized carbons (Fsp3) is 0.400. The molecule has 2 N–H and O–H groups in total. The van der Waals surface area contributed by atoms with Crippen molar-refractivity contribution in [2.24, 2.45) is 0 Å². The molecule has 0 bridgehead atoms. The zero-order valence-corrected chi connectivity index (χ0v) is 15.4. The van der Waals surface area contributed by atoms with Gasteiger partial charge < -0.3 is 29.2 Å². The summed E-state index contributed by atoms with van der Waals surface area (Å²) >= 11 is 0. The van der Waals surface area contributed by atoms with Gasteiger partial charge in [0.2, 0.25) is 0 Å². The van der Waals surface area contributed by atoms with Crippen LogP contribution in [0.15, 0.2) is 36.4 Å². The molecule has 140 valence electrons. The summed E-state index contributed by atoms with van der Waals surface area (Å²) in [5.74, 6) is 0.0777. The SMILES string of the molecule is COc1cc([C@@H]2COC(C)(C)O[C@H]2c2ccc(O)c(OC)c2)ccc1O. The molecule has 0 aromatic heterocycles. The van der Waals surface area contributed by atoms with Crippen LogP contribution in [0.3, 0.4) is 0 Å². The van der Waals surface area contributed by atoms with Gasteiger partial charge in [0.15, 0.2) is 28.8 Å². The summed E-state index contributed by atoms with van der Waals surface area (Å²) in [7, 11) is 3.02.